The quantitative estimate of drug-likeness (QED) is 0.872. The average molecular weight is 344 g/mol. The predicted molar refractivity (Wildman–Crippen MR) is 94.4 cm³/mol. The second-order valence-electron chi connectivity index (χ2n) is 6.67. The van der Waals surface area contributed by atoms with Crippen molar-refractivity contribution in [3.05, 3.63) is 36.0 Å². The molecule has 6 nitrogen and oxygen atoms in total. The maximum Gasteiger partial charge on any atom is 0.305 e. The first-order valence-electron chi connectivity index (χ1n) is 8.56. The number of carbonyl (C=O) groups is 2. The van der Waals surface area contributed by atoms with Gasteiger partial charge in [0.15, 0.2) is 0 Å². The number of carbonyl (C=O) groups excluding carboxylic acids is 1. The van der Waals surface area contributed by atoms with E-state index in [2.05, 4.69) is 22.9 Å². The Hall–Kier alpha value is -2.34. The van der Waals surface area contributed by atoms with Crippen LogP contribution < -0.4 is 0 Å². The Bertz CT molecular complexity index is 783. The zero-order valence-electron chi connectivity index (χ0n) is 14.6. The number of rotatable bonds is 6. The fourth-order valence-electron chi connectivity index (χ4n) is 3.76. The summed E-state index contributed by atoms with van der Waals surface area (Å²) in [6.07, 6.45) is 3.57. The Morgan fingerprint density at radius 3 is 2.80 bits per heavy atom. The molecular weight excluding hydrogens is 320 g/mol. The Morgan fingerprint density at radius 1 is 1.32 bits per heavy atom. The van der Waals surface area contributed by atoms with Gasteiger partial charge in [0, 0.05) is 50.3 Å². The van der Waals surface area contributed by atoms with Crippen molar-refractivity contribution in [2.75, 3.05) is 13.7 Å². The third kappa shape index (κ3) is 3.69. The standard InChI is InChI=1S/C19H24N2O4/c1-20-11-13(16-5-3-4-6-17(16)20)7-8-18(22)21-12-15(25-2)9-14(21)10-19(23)24/h3-6,11,14-15H,7-10,12H2,1-2H3,(H,23,24). The summed E-state index contributed by atoms with van der Waals surface area (Å²) in [5, 5.41) is 10.2. The van der Waals surface area contributed by atoms with E-state index in [-0.39, 0.29) is 24.5 Å². The van der Waals surface area contributed by atoms with Crippen molar-refractivity contribution in [2.45, 2.75) is 37.8 Å². The molecule has 1 aliphatic rings. The minimum Gasteiger partial charge on any atom is -0.481 e. The van der Waals surface area contributed by atoms with Crippen LogP contribution in [-0.2, 0) is 27.8 Å². The molecule has 0 radical (unpaired) electrons. The molecule has 3 rings (SSSR count). The number of para-hydroxylation sites is 1. The minimum atomic E-state index is -0.881. The number of aromatic nitrogens is 1. The molecule has 1 fully saturated rings. The highest BCUT2D eigenvalue weighted by Crippen LogP contribution is 2.25. The van der Waals surface area contributed by atoms with Crippen LogP contribution in [0, 0.1) is 0 Å². The van der Waals surface area contributed by atoms with Gasteiger partial charge in [0.25, 0.3) is 0 Å². The molecule has 1 N–H and O–H groups in total. The molecule has 0 bridgehead atoms. The van der Waals surface area contributed by atoms with E-state index in [0.29, 0.717) is 25.8 Å². The molecule has 0 saturated carbocycles. The summed E-state index contributed by atoms with van der Waals surface area (Å²) in [4.78, 5) is 25.4. The molecule has 2 atom stereocenters. The van der Waals surface area contributed by atoms with E-state index in [1.807, 2.05) is 19.2 Å². The van der Waals surface area contributed by atoms with Crippen molar-refractivity contribution in [3.63, 3.8) is 0 Å². The van der Waals surface area contributed by atoms with Crippen molar-refractivity contribution < 1.29 is 19.4 Å². The predicted octanol–water partition coefficient (Wildman–Crippen LogP) is 2.20. The minimum absolute atomic E-state index is 0.00117. The van der Waals surface area contributed by atoms with Crippen LogP contribution in [0.5, 0.6) is 0 Å². The molecule has 1 aliphatic heterocycles. The van der Waals surface area contributed by atoms with E-state index >= 15 is 0 Å². The number of hydrogen-bond donors (Lipinski definition) is 1. The van der Waals surface area contributed by atoms with E-state index in [9.17, 15) is 9.59 Å². The summed E-state index contributed by atoms with van der Waals surface area (Å²) in [5.41, 5.74) is 2.29. The van der Waals surface area contributed by atoms with Gasteiger partial charge in [-0.3, -0.25) is 9.59 Å². The topological polar surface area (TPSA) is 71.8 Å². The molecular formula is C19H24N2O4. The molecule has 1 amide bonds. The zero-order valence-corrected chi connectivity index (χ0v) is 14.6. The van der Waals surface area contributed by atoms with E-state index in [4.69, 9.17) is 9.84 Å². The third-order valence-electron chi connectivity index (χ3n) is 5.03. The second kappa shape index (κ2) is 7.27. The van der Waals surface area contributed by atoms with Gasteiger partial charge in [0.05, 0.1) is 12.5 Å². The number of nitrogens with zero attached hydrogens (tertiary/aromatic N) is 2. The number of hydrogen-bond acceptors (Lipinski definition) is 3. The molecule has 134 valence electrons. The number of aryl methyl sites for hydroxylation is 2. The third-order valence-corrected chi connectivity index (χ3v) is 5.03. The monoisotopic (exact) mass is 344 g/mol. The summed E-state index contributed by atoms with van der Waals surface area (Å²) in [7, 11) is 3.60. The van der Waals surface area contributed by atoms with Crippen LogP contribution in [0.1, 0.15) is 24.8 Å². The summed E-state index contributed by atoms with van der Waals surface area (Å²) in [6.45, 7) is 0.475. The molecule has 6 heteroatoms. The lowest BCUT2D eigenvalue weighted by atomic mass is 10.1. The Morgan fingerprint density at radius 2 is 2.08 bits per heavy atom. The number of aliphatic carboxylic acids is 1. The highest BCUT2D eigenvalue weighted by Gasteiger charge is 2.36. The lowest BCUT2D eigenvalue weighted by Crippen LogP contribution is -2.37. The smallest absolute Gasteiger partial charge is 0.305 e. The summed E-state index contributed by atoms with van der Waals surface area (Å²) in [5.74, 6) is -0.882. The normalized spacial score (nSPS) is 20.3. The molecule has 0 aliphatic carbocycles. The van der Waals surface area contributed by atoms with E-state index in [1.54, 1.807) is 12.0 Å². The van der Waals surface area contributed by atoms with Crippen molar-refractivity contribution >= 4 is 22.8 Å². The van der Waals surface area contributed by atoms with E-state index in [0.717, 1.165) is 16.5 Å². The van der Waals surface area contributed by atoms with Crippen LogP contribution in [0.3, 0.4) is 0 Å². The number of methoxy groups -OCH3 is 1. The molecule has 2 aromatic rings. The van der Waals surface area contributed by atoms with Gasteiger partial charge in [-0.1, -0.05) is 18.2 Å². The number of fused-ring (bicyclic) bond motifs is 1. The van der Waals surface area contributed by atoms with Gasteiger partial charge in [-0.05, 0) is 24.5 Å². The molecule has 2 unspecified atom stereocenters. The fraction of sp³-hybridized carbons (Fsp3) is 0.474. The van der Waals surface area contributed by atoms with Gasteiger partial charge in [-0.2, -0.15) is 0 Å². The maximum absolute atomic E-state index is 12.7. The number of amides is 1. The van der Waals surface area contributed by atoms with Gasteiger partial charge in [-0.15, -0.1) is 0 Å². The lowest BCUT2D eigenvalue weighted by Gasteiger charge is -2.23. The number of ether oxygens (including phenoxy) is 1. The number of carboxylic acids is 1. The molecule has 0 spiro atoms. The molecule has 25 heavy (non-hydrogen) atoms. The number of benzene rings is 1. The highest BCUT2D eigenvalue weighted by atomic mass is 16.5. The first-order chi connectivity index (χ1) is 12.0. The molecule has 1 aromatic heterocycles. The summed E-state index contributed by atoms with van der Waals surface area (Å²) >= 11 is 0. The lowest BCUT2D eigenvalue weighted by molar-refractivity contribution is -0.139. The van der Waals surface area contributed by atoms with Crippen LogP contribution in [0.25, 0.3) is 10.9 Å². The van der Waals surface area contributed by atoms with Crippen molar-refractivity contribution in [3.8, 4) is 0 Å². The molecule has 2 heterocycles. The van der Waals surface area contributed by atoms with Crippen molar-refractivity contribution in [2.24, 2.45) is 7.05 Å². The van der Waals surface area contributed by atoms with Crippen LogP contribution in [0.4, 0.5) is 0 Å². The van der Waals surface area contributed by atoms with Gasteiger partial charge in [0.2, 0.25) is 5.91 Å². The Kier molecular flexibility index (Phi) is 5.08. The first-order valence-corrected chi connectivity index (χ1v) is 8.56. The Balaban J connectivity index is 1.69. The Labute approximate surface area is 147 Å². The van der Waals surface area contributed by atoms with Crippen LogP contribution >= 0.6 is 0 Å². The number of carboxylic acid groups (broad SMARTS) is 1. The highest BCUT2D eigenvalue weighted by molar-refractivity contribution is 5.85. The van der Waals surface area contributed by atoms with Crippen molar-refractivity contribution in [1.29, 1.82) is 0 Å². The van der Waals surface area contributed by atoms with Crippen LogP contribution in [0.2, 0.25) is 0 Å². The van der Waals surface area contributed by atoms with Gasteiger partial charge < -0.3 is 19.3 Å². The zero-order chi connectivity index (χ0) is 18.0. The van der Waals surface area contributed by atoms with E-state index in [1.165, 1.54) is 0 Å². The second-order valence-corrected chi connectivity index (χ2v) is 6.67. The van der Waals surface area contributed by atoms with Gasteiger partial charge in [-0.25, -0.2) is 0 Å². The summed E-state index contributed by atoms with van der Waals surface area (Å²) < 4.78 is 7.41. The van der Waals surface area contributed by atoms with Gasteiger partial charge >= 0.3 is 5.97 Å². The maximum atomic E-state index is 12.7. The molecule has 1 saturated heterocycles. The first kappa shape index (κ1) is 17.5. The summed E-state index contributed by atoms with van der Waals surface area (Å²) in [6, 6.07) is 7.86. The largest absolute Gasteiger partial charge is 0.481 e. The van der Waals surface area contributed by atoms with Crippen LogP contribution in [-0.4, -0.2) is 52.3 Å². The fourth-order valence-corrected chi connectivity index (χ4v) is 3.76. The van der Waals surface area contributed by atoms with Gasteiger partial charge in [0.1, 0.15) is 0 Å². The van der Waals surface area contributed by atoms with Crippen molar-refractivity contribution in [1.82, 2.24) is 9.47 Å². The number of likely N-dealkylation sites (tertiary alicyclic amines) is 1. The van der Waals surface area contributed by atoms with Crippen LogP contribution in [0.15, 0.2) is 30.5 Å². The van der Waals surface area contributed by atoms with E-state index < -0.39 is 5.97 Å². The average Bonchev–Trinajstić information content (AvgIpc) is 3.14. The SMILES string of the molecule is COC1CC(CC(=O)O)N(C(=O)CCc2cn(C)c3ccccc23)C1. The molecule has 1 aromatic carbocycles.